The zero-order valence-corrected chi connectivity index (χ0v) is 14.1. The van der Waals surface area contributed by atoms with E-state index in [0.29, 0.717) is 12.2 Å². The Hall–Kier alpha value is -2.48. The molecule has 6 nitrogen and oxygen atoms in total. The molecule has 2 rings (SSSR count). The first kappa shape index (κ1) is 17.9. The number of amides is 1. The molecule has 128 valence electrons. The second kappa shape index (κ2) is 6.96. The molecule has 0 aliphatic rings. The van der Waals surface area contributed by atoms with Crippen LogP contribution in [0.25, 0.3) is 0 Å². The maximum atomic E-state index is 13.9. The summed E-state index contributed by atoms with van der Waals surface area (Å²) in [6.45, 7) is 2.39. The topological polar surface area (TPSA) is 85.2 Å². The van der Waals surface area contributed by atoms with E-state index in [-0.39, 0.29) is 16.0 Å². The van der Waals surface area contributed by atoms with E-state index in [1.165, 1.54) is 22.9 Å². The molecule has 0 radical (unpaired) electrons. The number of hydrogen-bond donors (Lipinski definition) is 1. The lowest BCUT2D eigenvalue weighted by Gasteiger charge is -2.10. The number of nitrogens with zero attached hydrogens (tertiary/aromatic N) is 1. The van der Waals surface area contributed by atoms with Crippen LogP contribution in [0.5, 0.6) is 0 Å². The maximum absolute atomic E-state index is 13.9. The Morgan fingerprint density at radius 2 is 1.96 bits per heavy atom. The number of carbonyl (C=O) groups excluding carboxylic acids is 1. The molecule has 1 aromatic heterocycles. The summed E-state index contributed by atoms with van der Waals surface area (Å²) in [6.07, 6.45) is 3.17. The smallest absolute Gasteiger partial charge is 0.258 e. The van der Waals surface area contributed by atoms with Crippen molar-refractivity contribution >= 4 is 21.4 Å². The summed E-state index contributed by atoms with van der Waals surface area (Å²) in [7, 11) is -3.56. The van der Waals surface area contributed by atoms with Crippen molar-refractivity contribution in [2.75, 3.05) is 11.6 Å². The van der Waals surface area contributed by atoms with Crippen LogP contribution in [0.4, 0.5) is 10.1 Å². The van der Waals surface area contributed by atoms with Gasteiger partial charge in [0.2, 0.25) is 0 Å². The average Bonchev–Trinajstić information content (AvgIpc) is 2.50. The number of carbonyl (C=O) groups is 1. The van der Waals surface area contributed by atoms with E-state index in [1.54, 1.807) is 0 Å². The first-order chi connectivity index (χ1) is 11.2. The summed E-state index contributed by atoms with van der Waals surface area (Å²) in [4.78, 5) is 23.7. The van der Waals surface area contributed by atoms with Crippen molar-refractivity contribution in [2.45, 2.75) is 24.8 Å². The van der Waals surface area contributed by atoms with Gasteiger partial charge in [0.05, 0.1) is 16.1 Å². The number of pyridine rings is 1. The highest BCUT2D eigenvalue weighted by atomic mass is 32.2. The number of aryl methyl sites for hydroxylation is 1. The molecule has 0 aliphatic heterocycles. The molecule has 1 heterocycles. The zero-order chi connectivity index (χ0) is 17.9. The summed E-state index contributed by atoms with van der Waals surface area (Å²) in [5.41, 5.74) is -0.275. The van der Waals surface area contributed by atoms with Gasteiger partial charge in [0.1, 0.15) is 5.82 Å². The minimum Gasteiger partial charge on any atom is -0.321 e. The Balaban J connectivity index is 2.34. The Morgan fingerprint density at radius 1 is 1.25 bits per heavy atom. The monoisotopic (exact) mass is 352 g/mol. The Labute approximate surface area is 138 Å². The fourth-order valence-corrected chi connectivity index (χ4v) is 2.78. The van der Waals surface area contributed by atoms with E-state index in [2.05, 4.69) is 5.32 Å². The first-order valence-electron chi connectivity index (χ1n) is 7.24. The summed E-state index contributed by atoms with van der Waals surface area (Å²) in [5, 5.41) is 2.47. The molecule has 8 heteroatoms. The van der Waals surface area contributed by atoms with Gasteiger partial charge in [-0.25, -0.2) is 12.8 Å². The van der Waals surface area contributed by atoms with Gasteiger partial charge in [0.25, 0.3) is 11.5 Å². The van der Waals surface area contributed by atoms with Crippen LogP contribution in [-0.2, 0) is 16.4 Å². The van der Waals surface area contributed by atoms with E-state index < -0.39 is 21.6 Å². The Morgan fingerprint density at radius 3 is 2.58 bits per heavy atom. The molecule has 0 saturated carbocycles. The molecule has 1 N–H and O–H groups in total. The van der Waals surface area contributed by atoms with E-state index in [9.17, 15) is 22.4 Å². The second-order valence-electron chi connectivity index (χ2n) is 5.32. The van der Waals surface area contributed by atoms with E-state index in [1.807, 2.05) is 6.92 Å². The third-order valence-corrected chi connectivity index (χ3v) is 4.43. The second-order valence-corrected chi connectivity index (χ2v) is 7.33. The van der Waals surface area contributed by atoms with E-state index >= 15 is 0 Å². The van der Waals surface area contributed by atoms with Crippen molar-refractivity contribution in [3.8, 4) is 0 Å². The van der Waals surface area contributed by atoms with Crippen LogP contribution in [0.2, 0.25) is 0 Å². The molecule has 1 aromatic carbocycles. The van der Waals surface area contributed by atoms with Crippen LogP contribution < -0.4 is 10.9 Å². The SMILES string of the molecule is CCCn1cc(NC(=O)c2cc(S(C)(=O)=O)ccc2F)ccc1=O. The van der Waals surface area contributed by atoms with E-state index in [0.717, 1.165) is 30.9 Å². The van der Waals surface area contributed by atoms with Gasteiger partial charge in [-0.1, -0.05) is 6.92 Å². The third kappa shape index (κ3) is 4.08. The molecule has 24 heavy (non-hydrogen) atoms. The highest BCUT2D eigenvalue weighted by Gasteiger charge is 2.17. The number of rotatable bonds is 5. The summed E-state index contributed by atoms with van der Waals surface area (Å²) < 4.78 is 38.4. The predicted molar refractivity (Wildman–Crippen MR) is 88.5 cm³/mol. The van der Waals surface area contributed by atoms with Crippen molar-refractivity contribution in [1.29, 1.82) is 0 Å². The van der Waals surface area contributed by atoms with Crippen molar-refractivity contribution in [3.05, 3.63) is 58.3 Å². The molecule has 0 bridgehead atoms. The highest BCUT2D eigenvalue weighted by molar-refractivity contribution is 7.90. The normalized spacial score (nSPS) is 11.3. The van der Waals surface area contributed by atoms with Gasteiger partial charge in [-0.05, 0) is 30.7 Å². The molecule has 0 atom stereocenters. The van der Waals surface area contributed by atoms with E-state index in [4.69, 9.17) is 0 Å². The van der Waals surface area contributed by atoms with Gasteiger partial charge in [-0.15, -0.1) is 0 Å². The van der Waals surface area contributed by atoms with Crippen LogP contribution in [0.1, 0.15) is 23.7 Å². The quantitative estimate of drug-likeness (QED) is 0.835. The lowest BCUT2D eigenvalue weighted by atomic mass is 10.2. The third-order valence-electron chi connectivity index (χ3n) is 3.32. The number of benzene rings is 1. The van der Waals surface area contributed by atoms with Gasteiger partial charge in [0.15, 0.2) is 9.84 Å². The number of sulfone groups is 1. The predicted octanol–water partition coefficient (Wildman–Crippen LogP) is 2.05. The number of aromatic nitrogens is 1. The standard InChI is InChI=1S/C16H17FN2O4S/c1-3-8-19-10-11(4-7-15(19)20)18-16(21)13-9-12(24(2,22)23)5-6-14(13)17/h4-7,9-10H,3,8H2,1-2H3,(H,18,21). The van der Waals surface area contributed by atoms with Crippen LogP contribution >= 0.6 is 0 Å². The summed E-state index contributed by atoms with van der Waals surface area (Å²) in [6, 6.07) is 5.73. The molecular weight excluding hydrogens is 335 g/mol. The van der Waals surface area contributed by atoms with Crippen LogP contribution in [-0.4, -0.2) is 25.1 Å². The number of hydrogen-bond acceptors (Lipinski definition) is 4. The van der Waals surface area contributed by atoms with Gasteiger partial charge in [-0.3, -0.25) is 9.59 Å². The highest BCUT2D eigenvalue weighted by Crippen LogP contribution is 2.17. The van der Waals surface area contributed by atoms with Crippen molar-refractivity contribution in [2.24, 2.45) is 0 Å². The van der Waals surface area contributed by atoms with Crippen molar-refractivity contribution < 1.29 is 17.6 Å². The summed E-state index contributed by atoms with van der Waals surface area (Å²) >= 11 is 0. The number of halogens is 1. The molecule has 0 saturated heterocycles. The largest absolute Gasteiger partial charge is 0.321 e. The van der Waals surface area contributed by atoms with Gasteiger partial charge in [0, 0.05) is 25.1 Å². The fourth-order valence-electron chi connectivity index (χ4n) is 2.13. The first-order valence-corrected chi connectivity index (χ1v) is 9.13. The van der Waals surface area contributed by atoms with Gasteiger partial charge < -0.3 is 9.88 Å². The Bertz CT molecular complexity index is 935. The number of nitrogens with one attached hydrogen (secondary N) is 1. The summed E-state index contributed by atoms with van der Waals surface area (Å²) in [5.74, 6) is -1.62. The van der Waals surface area contributed by atoms with Crippen LogP contribution in [0.3, 0.4) is 0 Å². The Kier molecular flexibility index (Phi) is 5.18. The van der Waals surface area contributed by atoms with Crippen molar-refractivity contribution in [1.82, 2.24) is 4.57 Å². The fraction of sp³-hybridized carbons (Fsp3) is 0.250. The molecule has 1 amide bonds. The lowest BCUT2D eigenvalue weighted by Crippen LogP contribution is -2.21. The molecular formula is C16H17FN2O4S. The maximum Gasteiger partial charge on any atom is 0.258 e. The molecule has 0 fully saturated rings. The van der Waals surface area contributed by atoms with Gasteiger partial charge in [-0.2, -0.15) is 0 Å². The van der Waals surface area contributed by atoms with Crippen LogP contribution in [0.15, 0.2) is 46.2 Å². The molecule has 0 spiro atoms. The average molecular weight is 352 g/mol. The number of anilines is 1. The zero-order valence-electron chi connectivity index (χ0n) is 13.2. The van der Waals surface area contributed by atoms with Crippen LogP contribution in [0, 0.1) is 5.82 Å². The lowest BCUT2D eigenvalue weighted by molar-refractivity contribution is 0.102. The molecule has 0 aliphatic carbocycles. The van der Waals surface area contributed by atoms with Gasteiger partial charge >= 0.3 is 0 Å². The molecule has 0 unspecified atom stereocenters. The van der Waals surface area contributed by atoms with Crippen molar-refractivity contribution in [3.63, 3.8) is 0 Å². The minimum atomic E-state index is -3.56. The molecule has 2 aromatic rings. The minimum absolute atomic E-state index is 0.148.